The summed E-state index contributed by atoms with van der Waals surface area (Å²) in [6, 6.07) is 8.47. The number of anilines is 1. The summed E-state index contributed by atoms with van der Waals surface area (Å²) >= 11 is 0. The van der Waals surface area contributed by atoms with Crippen molar-refractivity contribution in [1.29, 1.82) is 5.26 Å². The Morgan fingerprint density at radius 3 is 2.78 bits per heavy atom. The van der Waals surface area contributed by atoms with E-state index in [1.165, 1.54) is 25.6 Å². The number of methoxy groups -OCH3 is 1. The summed E-state index contributed by atoms with van der Waals surface area (Å²) in [7, 11) is 1.50. The molecule has 7 nitrogen and oxygen atoms in total. The fourth-order valence-electron chi connectivity index (χ4n) is 2.32. The average molecular weight is 307 g/mol. The Hall–Kier alpha value is -3.53. The zero-order valence-electron chi connectivity index (χ0n) is 12.3. The van der Waals surface area contributed by atoms with Crippen LogP contribution in [0.5, 0.6) is 11.5 Å². The predicted molar refractivity (Wildman–Crippen MR) is 84.1 cm³/mol. The van der Waals surface area contributed by atoms with Crippen LogP contribution in [-0.4, -0.2) is 26.8 Å². The average Bonchev–Trinajstić information content (AvgIpc) is 3.07. The molecule has 114 valence electrons. The molecule has 0 saturated carbocycles. The van der Waals surface area contributed by atoms with Gasteiger partial charge in [0.2, 0.25) is 0 Å². The molecule has 0 amide bonds. The standard InChI is InChI=1S/C16H13N5O2/c1-23-12-5-10(4-11(22)6-12)13-7-15(18)20-16(14(13)8-17)21-3-2-19-9-21/h2-7,9,22H,1H3,(H2,18,20). The molecule has 0 fully saturated rings. The van der Waals surface area contributed by atoms with Crippen molar-refractivity contribution in [2.45, 2.75) is 0 Å². The normalized spacial score (nSPS) is 10.3. The fraction of sp³-hybridized carbons (Fsp3) is 0.0625. The predicted octanol–water partition coefficient (Wildman–Crippen LogP) is 2.10. The van der Waals surface area contributed by atoms with Crippen LogP contribution in [0.4, 0.5) is 5.82 Å². The summed E-state index contributed by atoms with van der Waals surface area (Å²) in [6.45, 7) is 0. The molecule has 3 rings (SSSR count). The van der Waals surface area contributed by atoms with Gasteiger partial charge in [0.15, 0.2) is 5.82 Å². The van der Waals surface area contributed by atoms with E-state index in [-0.39, 0.29) is 11.6 Å². The molecule has 0 aliphatic rings. The number of phenols is 1. The zero-order chi connectivity index (χ0) is 16.4. The minimum absolute atomic E-state index is 0.0304. The molecule has 1 aromatic carbocycles. The van der Waals surface area contributed by atoms with Crippen LogP contribution in [0.1, 0.15) is 5.56 Å². The van der Waals surface area contributed by atoms with E-state index < -0.39 is 0 Å². The number of aromatic nitrogens is 3. The summed E-state index contributed by atoms with van der Waals surface area (Å²) in [5, 5.41) is 19.4. The number of nitrogens with zero attached hydrogens (tertiary/aromatic N) is 4. The molecule has 0 atom stereocenters. The Bertz CT molecular complexity index is 898. The van der Waals surface area contributed by atoms with Crippen molar-refractivity contribution < 1.29 is 9.84 Å². The summed E-state index contributed by atoms with van der Waals surface area (Å²) < 4.78 is 6.77. The first-order valence-corrected chi connectivity index (χ1v) is 6.69. The van der Waals surface area contributed by atoms with Gasteiger partial charge >= 0.3 is 0 Å². The van der Waals surface area contributed by atoms with Gasteiger partial charge in [0.25, 0.3) is 0 Å². The van der Waals surface area contributed by atoms with E-state index in [9.17, 15) is 10.4 Å². The van der Waals surface area contributed by atoms with E-state index in [4.69, 9.17) is 10.5 Å². The van der Waals surface area contributed by atoms with Crippen LogP contribution in [-0.2, 0) is 0 Å². The first-order valence-electron chi connectivity index (χ1n) is 6.69. The lowest BCUT2D eigenvalue weighted by Gasteiger charge is -2.12. The van der Waals surface area contributed by atoms with Gasteiger partial charge in [-0.05, 0) is 23.8 Å². The van der Waals surface area contributed by atoms with Crippen molar-refractivity contribution in [3.05, 3.63) is 48.5 Å². The number of phenolic OH excluding ortho intramolecular Hbond substituents is 1. The summed E-state index contributed by atoms with van der Waals surface area (Å²) in [4.78, 5) is 8.18. The third-order valence-corrected chi connectivity index (χ3v) is 3.32. The molecule has 2 aromatic heterocycles. The Labute approximate surface area is 132 Å². The van der Waals surface area contributed by atoms with Gasteiger partial charge in [0, 0.05) is 24.0 Å². The van der Waals surface area contributed by atoms with Crippen LogP contribution in [0.3, 0.4) is 0 Å². The monoisotopic (exact) mass is 307 g/mol. The molecule has 7 heteroatoms. The van der Waals surface area contributed by atoms with Gasteiger partial charge in [-0.15, -0.1) is 0 Å². The smallest absolute Gasteiger partial charge is 0.158 e. The highest BCUT2D eigenvalue weighted by Crippen LogP contribution is 2.33. The third-order valence-electron chi connectivity index (χ3n) is 3.32. The van der Waals surface area contributed by atoms with Gasteiger partial charge in [-0.3, -0.25) is 4.57 Å². The third kappa shape index (κ3) is 2.65. The van der Waals surface area contributed by atoms with Gasteiger partial charge in [0.1, 0.15) is 35.3 Å². The van der Waals surface area contributed by atoms with Crippen LogP contribution in [0.2, 0.25) is 0 Å². The molecule has 0 aliphatic heterocycles. The number of aromatic hydroxyl groups is 1. The van der Waals surface area contributed by atoms with Crippen molar-refractivity contribution in [2.75, 3.05) is 12.8 Å². The Morgan fingerprint density at radius 2 is 2.13 bits per heavy atom. The second-order valence-electron chi connectivity index (χ2n) is 4.79. The fourth-order valence-corrected chi connectivity index (χ4v) is 2.32. The highest BCUT2D eigenvalue weighted by molar-refractivity contribution is 5.77. The van der Waals surface area contributed by atoms with Crippen LogP contribution in [0, 0.1) is 11.3 Å². The summed E-state index contributed by atoms with van der Waals surface area (Å²) in [5.74, 6) is 1.14. The van der Waals surface area contributed by atoms with E-state index in [1.807, 2.05) is 0 Å². The zero-order valence-corrected chi connectivity index (χ0v) is 12.3. The summed E-state index contributed by atoms with van der Waals surface area (Å²) in [5.41, 5.74) is 7.37. The second kappa shape index (κ2) is 5.69. The molecular weight excluding hydrogens is 294 g/mol. The molecule has 0 unspecified atom stereocenters. The first-order chi connectivity index (χ1) is 11.1. The summed E-state index contributed by atoms with van der Waals surface area (Å²) in [6.07, 6.45) is 4.80. The second-order valence-corrected chi connectivity index (χ2v) is 4.79. The molecular formula is C16H13N5O2. The lowest BCUT2D eigenvalue weighted by molar-refractivity contribution is 0.408. The highest BCUT2D eigenvalue weighted by atomic mass is 16.5. The van der Waals surface area contributed by atoms with Gasteiger partial charge in [-0.25, -0.2) is 9.97 Å². The van der Waals surface area contributed by atoms with Gasteiger partial charge < -0.3 is 15.6 Å². The number of nitrogen functional groups attached to an aromatic ring is 1. The van der Waals surface area contributed by atoms with E-state index in [1.54, 1.807) is 29.1 Å². The quantitative estimate of drug-likeness (QED) is 0.766. The van der Waals surface area contributed by atoms with Crippen LogP contribution >= 0.6 is 0 Å². The molecule has 3 aromatic rings. The van der Waals surface area contributed by atoms with E-state index >= 15 is 0 Å². The number of nitriles is 1. The maximum Gasteiger partial charge on any atom is 0.158 e. The first kappa shape index (κ1) is 14.4. The van der Waals surface area contributed by atoms with Crippen molar-refractivity contribution in [3.63, 3.8) is 0 Å². The lowest BCUT2D eigenvalue weighted by Crippen LogP contribution is -2.04. The molecule has 0 spiro atoms. The lowest BCUT2D eigenvalue weighted by atomic mass is 10.0. The Morgan fingerprint density at radius 1 is 1.30 bits per heavy atom. The van der Waals surface area contributed by atoms with E-state index in [0.29, 0.717) is 28.3 Å². The van der Waals surface area contributed by atoms with Crippen LogP contribution < -0.4 is 10.5 Å². The molecule has 0 radical (unpaired) electrons. The largest absolute Gasteiger partial charge is 0.508 e. The number of hydrogen-bond acceptors (Lipinski definition) is 6. The van der Waals surface area contributed by atoms with Crippen molar-refractivity contribution >= 4 is 5.82 Å². The maximum atomic E-state index is 9.85. The van der Waals surface area contributed by atoms with Crippen molar-refractivity contribution in [2.24, 2.45) is 0 Å². The van der Waals surface area contributed by atoms with Crippen molar-refractivity contribution in [3.8, 4) is 34.5 Å². The molecule has 0 saturated heterocycles. The van der Waals surface area contributed by atoms with E-state index in [2.05, 4.69) is 16.0 Å². The molecule has 23 heavy (non-hydrogen) atoms. The Kier molecular flexibility index (Phi) is 3.57. The minimum atomic E-state index is 0.0304. The number of pyridine rings is 1. The number of ether oxygens (including phenoxy) is 1. The SMILES string of the molecule is COc1cc(O)cc(-c2cc(N)nc(-n3ccnc3)c2C#N)c1. The van der Waals surface area contributed by atoms with Gasteiger partial charge in [0.05, 0.1) is 7.11 Å². The minimum Gasteiger partial charge on any atom is -0.508 e. The number of benzene rings is 1. The van der Waals surface area contributed by atoms with Gasteiger partial charge in [-0.1, -0.05) is 0 Å². The molecule has 0 aliphatic carbocycles. The number of imidazole rings is 1. The Balaban J connectivity index is 2.28. The van der Waals surface area contributed by atoms with Crippen LogP contribution in [0.25, 0.3) is 16.9 Å². The van der Waals surface area contributed by atoms with Crippen molar-refractivity contribution in [1.82, 2.24) is 14.5 Å². The topological polar surface area (TPSA) is 110 Å². The molecule has 3 N–H and O–H groups in total. The van der Waals surface area contributed by atoms with Crippen LogP contribution in [0.15, 0.2) is 43.0 Å². The maximum absolute atomic E-state index is 9.85. The number of nitrogens with two attached hydrogens (primary N) is 1. The molecule has 2 heterocycles. The van der Waals surface area contributed by atoms with E-state index in [0.717, 1.165) is 0 Å². The molecule has 0 bridgehead atoms. The highest BCUT2D eigenvalue weighted by Gasteiger charge is 2.16. The number of hydrogen-bond donors (Lipinski definition) is 2. The van der Waals surface area contributed by atoms with Gasteiger partial charge in [-0.2, -0.15) is 5.26 Å². The number of rotatable bonds is 3.